The smallest absolute Gasteiger partial charge is 0.157 e. The van der Waals surface area contributed by atoms with Gasteiger partial charge in [-0.3, -0.25) is 0 Å². The molecule has 3 heteroatoms. The van der Waals surface area contributed by atoms with Crippen LogP contribution in [0.2, 0.25) is 0 Å². The minimum absolute atomic E-state index is 0.0130. The average molecular weight is 547 g/mol. The number of benzene rings is 3. The van der Waals surface area contributed by atoms with E-state index < -0.39 is 0 Å². The largest absolute Gasteiger partial charge is 0.353 e. The molecular formula is C36H51O2P. The Morgan fingerprint density at radius 1 is 0.590 bits per heavy atom. The Kier molecular flexibility index (Phi) is 14.9. The molecule has 0 aliphatic carbocycles. The van der Waals surface area contributed by atoms with Crippen LogP contribution in [0.1, 0.15) is 107 Å². The summed E-state index contributed by atoms with van der Waals surface area (Å²) in [6.07, 6.45) is 14.2. The maximum atomic E-state index is 6.00. The fourth-order valence-electron chi connectivity index (χ4n) is 5.27. The van der Waals surface area contributed by atoms with Gasteiger partial charge in [0.2, 0.25) is 0 Å². The van der Waals surface area contributed by atoms with E-state index in [0.717, 1.165) is 38.9 Å². The van der Waals surface area contributed by atoms with E-state index in [2.05, 4.69) is 108 Å². The van der Waals surface area contributed by atoms with Crippen molar-refractivity contribution in [1.82, 2.24) is 0 Å². The Morgan fingerprint density at radius 2 is 1.08 bits per heavy atom. The summed E-state index contributed by atoms with van der Waals surface area (Å²) in [6, 6.07) is 30.9. The van der Waals surface area contributed by atoms with E-state index in [1.54, 1.807) is 0 Å². The predicted octanol–water partition coefficient (Wildman–Crippen LogP) is 10.1. The molecule has 1 atom stereocenters. The zero-order valence-corrected chi connectivity index (χ0v) is 25.6. The van der Waals surface area contributed by atoms with Crippen LogP contribution in [-0.4, -0.2) is 19.5 Å². The Morgan fingerprint density at radius 3 is 1.64 bits per heavy atom. The van der Waals surface area contributed by atoms with Gasteiger partial charge in [0.25, 0.3) is 0 Å². The van der Waals surface area contributed by atoms with E-state index >= 15 is 0 Å². The Labute approximate surface area is 241 Å². The molecule has 0 radical (unpaired) electrons. The van der Waals surface area contributed by atoms with Gasteiger partial charge >= 0.3 is 0 Å². The predicted molar refractivity (Wildman–Crippen MR) is 170 cm³/mol. The monoisotopic (exact) mass is 546 g/mol. The highest BCUT2D eigenvalue weighted by Crippen LogP contribution is 2.46. The summed E-state index contributed by atoms with van der Waals surface area (Å²) in [6.45, 7) is 6.06. The molecule has 0 bridgehead atoms. The Hall–Kier alpha value is -1.99. The van der Waals surface area contributed by atoms with Crippen LogP contribution >= 0.6 is 9.24 Å². The highest BCUT2D eigenvalue weighted by Gasteiger charge is 2.32. The van der Waals surface area contributed by atoms with Crippen molar-refractivity contribution in [2.45, 2.75) is 102 Å². The van der Waals surface area contributed by atoms with Crippen LogP contribution in [0.25, 0.3) is 0 Å². The maximum Gasteiger partial charge on any atom is 0.157 e. The average Bonchev–Trinajstić information content (AvgIpc) is 2.99. The van der Waals surface area contributed by atoms with Crippen LogP contribution < -0.4 is 0 Å². The molecular weight excluding hydrogens is 495 g/mol. The quantitative estimate of drug-likeness (QED) is 0.0607. The van der Waals surface area contributed by atoms with Gasteiger partial charge in [-0.2, -0.15) is 0 Å². The van der Waals surface area contributed by atoms with Crippen LogP contribution in [0.5, 0.6) is 0 Å². The van der Waals surface area contributed by atoms with Gasteiger partial charge in [0.15, 0.2) is 6.29 Å². The van der Waals surface area contributed by atoms with Gasteiger partial charge in [-0.25, -0.2) is 0 Å². The molecule has 3 aromatic carbocycles. The first kappa shape index (κ1) is 31.5. The second kappa shape index (κ2) is 18.4. The van der Waals surface area contributed by atoms with Gasteiger partial charge in [0.1, 0.15) is 0 Å². The summed E-state index contributed by atoms with van der Waals surface area (Å²) in [7, 11) is 3.21. The second-order valence-corrected chi connectivity index (χ2v) is 11.6. The number of unbranched alkanes of at least 4 members (excludes halogenated alkanes) is 7. The summed E-state index contributed by atoms with van der Waals surface area (Å²) in [5.74, 6) is 0. The lowest BCUT2D eigenvalue weighted by molar-refractivity contribution is -0.147. The molecule has 0 fully saturated rings. The number of hydrogen-bond donors (Lipinski definition) is 0. The van der Waals surface area contributed by atoms with E-state index in [-0.39, 0.29) is 11.4 Å². The molecule has 0 saturated carbocycles. The topological polar surface area (TPSA) is 18.5 Å². The maximum absolute atomic E-state index is 6.00. The molecule has 39 heavy (non-hydrogen) atoms. The third-order valence-corrected chi connectivity index (χ3v) is 8.62. The SMILES string of the molecule is CCCCOC(CCCCCCCCc1ccccc1C(P)(c1ccccc1)c1ccccc1)OCCCC. The van der Waals surface area contributed by atoms with Crippen molar-refractivity contribution in [3.8, 4) is 0 Å². The van der Waals surface area contributed by atoms with Gasteiger partial charge in [-0.1, -0.05) is 137 Å². The van der Waals surface area contributed by atoms with Crippen molar-refractivity contribution in [2.24, 2.45) is 0 Å². The summed E-state index contributed by atoms with van der Waals surface area (Å²) >= 11 is 0. The van der Waals surface area contributed by atoms with Crippen LogP contribution in [0.3, 0.4) is 0 Å². The molecule has 0 aromatic heterocycles. The minimum Gasteiger partial charge on any atom is -0.353 e. The fraction of sp³-hybridized carbons (Fsp3) is 0.500. The lowest BCUT2D eigenvalue weighted by atomic mass is 9.81. The summed E-state index contributed by atoms with van der Waals surface area (Å²) in [5, 5.41) is -0.256. The van der Waals surface area contributed by atoms with E-state index in [1.807, 2.05) is 0 Å². The normalized spacial score (nSPS) is 11.8. The van der Waals surface area contributed by atoms with Gasteiger partial charge in [0, 0.05) is 13.2 Å². The van der Waals surface area contributed by atoms with Crippen LogP contribution in [-0.2, 0) is 21.1 Å². The zero-order valence-electron chi connectivity index (χ0n) is 24.5. The fourth-order valence-corrected chi connectivity index (χ4v) is 5.94. The van der Waals surface area contributed by atoms with Crippen molar-refractivity contribution in [3.05, 3.63) is 107 Å². The summed E-state index contributed by atoms with van der Waals surface area (Å²) in [5.41, 5.74) is 5.47. The molecule has 1 unspecified atom stereocenters. The zero-order chi connectivity index (χ0) is 27.6. The molecule has 0 spiro atoms. The first-order chi connectivity index (χ1) is 19.2. The molecule has 2 nitrogen and oxygen atoms in total. The number of hydrogen-bond acceptors (Lipinski definition) is 2. The number of rotatable bonds is 20. The van der Waals surface area contributed by atoms with Crippen molar-refractivity contribution >= 4 is 9.24 Å². The molecule has 0 aliphatic heterocycles. The highest BCUT2D eigenvalue weighted by molar-refractivity contribution is 7.19. The molecule has 0 amide bonds. The van der Waals surface area contributed by atoms with E-state index in [1.165, 1.54) is 73.6 Å². The van der Waals surface area contributed by atoms with Crippen molar-refractivity contribution in [1.29, 1.82) is 0 Å². The van der Waals surface area contributed by atoms with E-state index in [9.17, 15) is 0 Å². The standard InChI is InChI=1S/C36H51O2P/c1-3-5-29-37-35(38-30-6-4-2)28-18-10-8-7-9-13-21-31-22-19-20-27-34(31)36(39,32-23-14-11-15-24-32)33-25-16-12-17-26-33/h11-12,14-17,19-20,22-27,35H,3-10,13,18,21,28-30,39H2,1-2H3. The van der Waals surface area contributed by atoms with Crippen molar-refractivity contribution < 1.29 is 9.47 Å². The minimum atomic E-state index is -0.256. The van der Waals surface area contributed by atoms with Crippen LogP contribution in [0.15, 0.2) is 84.9 Å². The van der Waals surface area contributed by atoms with Gasteiger partial charge in [-0.05, 0) is 60.8 Å². The molecule has 0 heterocycles. The third-order valence-electron chi connectivity index (χ3n) is 7.64. The summed E-state index contributed by atoms with van der Waals surface area (Å²) in [4.78, 5) is 0. The van der Waals surface area contributed by atoms with Crippen molar-refractivity contribution in [3.63, 3.8) is 0 Å². The van der Waals surface area contributed by atoms with Crippen LogP contribution in [0.4, 0.5) is 0 Å². The lowest BCUT2D eigenvalue weighted by Gasteiger charge is -2.33. The van der Waals surface area contributed by atoms with Gasteiger partial charge in [-0.15, -0.1) is 9.24 Å². The number of aryl methyl sites for hydroxylation is 1. The van der Waals surface area contributed by atoms with E-state index in [4.69, 9.17) is 9.47 Å². The molecule has 3 aromatic rings. The summed E-state index contributed by atoms with van der Waals surface area (Å²) < 4.78 is 12.0. The first-order valence-electron chi connectivity index (χ1n) is 15.4. The van der Waals surface area contributed by atoms with E-state index in [0.29, 0.717) is 0 Å². The highest BCUT2D eigenvalue weighted by atomic mass is 31.0. The molecule has 0 saturated heterocycles. The molecule has 0 N–H and O–H groups in total. The second-order valence-electron chi connectivity index (χ2n) is 10.7. The number of ether oxygens (including phenoxy) is 2. The molecule has 212 valence electrons. The van der Waals surface area contributed by atoms with Crippen molar-refractivity contribution in [2.75, 3.05) is 13.2 Å². The third kappa shape index (κ3) is 10.2. The lowest BCUT2D eigenvalue weighted by Crippen LogP contribution is -2.23. The first-order valence-corrected chi connectivity index (χ1v) is 16.0. The Bertz CT molecular complexity index is 971. The molecule has 3 rings (SSSR count). The van der Waals surface area contributed by atoms with Gasteiger partial charge < -0.3 is 9.47 Å². The molecule has 0 aliphatic rings. The van der Waals surface area contributed by atoms with Crippen LogP contribution in [0, 0.1) is 0 Å². The Balaban J connectivity index is 1.50. The van der Waals surface area contributed by atoms with Gasteiger partial charge in [0.05, 0.1) is 5.16 Å².